The summed E-state index contributed by atoms with van der Waals surface area (Å²) in [6.07, 6.45) is 3.67. The Morgan fingerprint density at radius 1 is 1.28 bits per heavy atom. The van der Waals surface area contributed by atoms with Gasteiger partial charge in [-0.15, -0.1) is 0 Å². The van der Waals surface area contributed by atoms with Crippen LogP contribution in [0.25, 0.3) is 0 Å². The largest absolute Gasteiger partial charge is 0.381 e. The molecule has 1 aliphatic heterocycles. The van der Waals surface area contributed by atoms with E-state index in [0.29, 0.717) is 11.5 Å². The van der Waals surface area contributed by atoms with Gasteiger partial charge in [0, 0.05) is 38.0 Å². The Bertz CT molecular complexity index is 727. The van der Waals surface area contributed by atoms with Crippen LogP contribution >= 0.6 is 0 Å². The van der Waals surface area contributed by atoms with Crippen LogP contribution in [0.5, 0.6) is 0 Å². The van der Waals surface area contributed by atoms with E-state index in [9.17, 15) is 4.79 Å². The number of carbonyl (C=O) groups excluding carboxylic acids is 1. The molecule has 0 bridgehead atoms. The molecular weight excluding hydrogens is 312 g/mol. The van der Waals surface area contributed by atoms with Gasteiger partial charge in [-0.25, -0.2) is 0 Å². The first-order chi connectivity index (χ1) is 12.1. The van der Waals surface area contributed by atoms with Gasteiger partial charge in [-0.1, -0.05) is 29.8 Å². The predicted molar refractivity (Wildman–Crippen MR) is 98.7 cm³/mol. The number of pyridine rings is 1. The molecule has 2 heterocycles. The molecule has 2 aromatic rings. The fourth-order valence-corrected chi connectivity index (χ4v) is 3.62. The number of aromatic nitrogens is 1. The van der Waals surface area contributed by atoms with Gasteiger partial charge in [0.25, 0.3) is 5.91 Å². The molecule has 1 saturated heterocycles. The number of nitrogens with zero attached hydrogens (tertiary/aromatic N) is 2. The molecule has 25 heavy (non-hydrogen) atoms. The zero-order valence-corrected chi connectivity index (χ0v) is 15.2. The van der Waals surface area contributed by atoms with E-state index in [1.165, 1.54) is 11.1 Å². The molecule has 132 valence electrons. The van der Waals surface area contributed by atoms with E-state index in [2.05, 4.69) is 36.2 Å². The average molecular weight is 338 g/mol. The maximum Gasteiger partial charge on any atom is 0.255 e. The van der Waals surface area contributed by atoms with Gasteiger partial charge in [0.2, 0.25) is 0 Å². The first-order valence-corrected chi connectivity index (χ1v) is 8.87. The summed E-state index contributed by atoms with van der Waals surface area (Å²) in [6, 6.07) is 12.3. The zero-order valence-electron chi connectivity index (χ0n) is 15.2. The molecule has 3 rings (SSSR count). The van der Waals surface area contributed by atoms with E-state index < -0.39 is 0 Å². The van der Waals surface area contributed by atoms with Crippen molar-refractivity contribution < 1.29 is 9.53 Å². The quantitative estimate of drug-likeness (QED) is 0.858. The van der Waals surface area contributed by atoms with Crippen LogP contribution in [-0.2, 0) is 11.2 Å². The van der Waals surface area contributed by atoms with Crippen molar-refractivity contribution >= 4 is 5.91 Å². The van der Waals surface area contributed by atoms with Crippen LogP contribution in [0, 0.1) is 19.8 Å². The minimum atomic E-state index is 0.0660. The summed E-state index contributed by atoms with van der Waals surface area (Å²) in [6.45, 7) is 5.49. The van der Waals surface area contributed by atoms with Gasteiger partial charge in [0.05, 0.1) is 11.7 Å². The minimum absolute atomic E-state index is 0.0660. The number of methoxy groups -OCH3 is 1. The highest BCUT2D eigenvalue weighted by atomic mass is 16.5. The highest BCUT2D eigenvalue weighted by Gasteiger charge is 2.32. The van der Waals surface area contributed by atoms with E-state index in [1.807, 2.05) is 24.0 Å². The monoisotopic (exact) mass is 338 g/mol. The van der Waals surface area contributed by atoms with E-state index in [0.717, 1.165) is 31.6 Å². The number of ether oxygens (including phenoxy) is 1. The van der Waals surface area contributed by atoms with Crippen LogP contribution in [0.2, 0.25) is 0 Å². The Morgan fingerprint density at radius 2 is 2.12 bits per heavy atom. The normalized spacial score (nSPS) is 20.5. The molecule has 4 heteroatoms. The number of carbonyl (C=O) groups is 1. The molecule has 0 spiro atoms. The maximum absolute atomic E-state index is 12.8. The van der Waals surface area contributed by atoms with Crippen LogP contribution in [0.1, 0.15) is 33.6 Å². The lowest BCUT2D eigenvalue weighted by molar-refractivity contribution is -0.00301. The van der Waals surface area contributed by atoms with Crippen LogP contribution in [0.15, 0.2) is 42.6 Å². The molecule has 0 saturated carbocycles. The van der Waals surface area contributed by atoms with E-state index >= 15 is 0 Å². The summed E-state index contributed by atoms with van der Waals surface area (Å²) in [4.78, 5) is 19.0. The van der Waals surface area contributed by atoms with Crippen molar-refractivity contribution in [2.24, 2.45) is 5.92 Å². The molecule has 1 aromatic carbocycles. The fraction of sp³-hybridized carbons (Fsp3) is 0.429. The Labute approximate surface area is 149 Å². The predicted octanol–water partition coefficient (Wildman–Crippen LogP) is 3.42. The third-order valence-electron chi connectivity index (χ3n) is 4.99. The Morgan fingerprint density at radius 3 is 2.80 bits per heavy atom. The van der Waals surface area contributed by atoms with E-state index in [1.54, 1.807) is 13.3 Å². The highest BCUT2D eigenvalue weighted by Crippen LogP contribution is 2.25. The molecule has 1 amide bonds. The number of aryl methyl sites for hydroxylation is 2. The van der Waals surface area contributed by atoms with Crippen LogP contribution in [-0.4, -0.2) is 42.1 Å². The van der Waals surface area contributed by atoms with Crippen molar-refractivity contribution in [2.45, 2.75) is 32.8 Å². The molecule has 4 nitrogen and oxygen atoms in total. The van der Waals surface area contributed by atoms with Gasteiger partial charge in [0.15, 0.2) is 0 Å². The second kappa shape index (κ2) is 7.79. The van der Waals surface area contributed by atoms with Gasteiger partial charge in [0.1, 0.15) is 0 Å². The lowest BCUT2D eigenvalue weighted by atomic mass is 9.88. The molecular formula is C21H26N2O2. The minimum Gasteiger partial charge on any atom is -0.381 e. The van der Waals surface area contributed by atoms with Crippen LogP contribution in [0.3, 0.4) is 0 Å². The van der Waals surface area contributed by atoms with Crippen molar-refractivity contribution in [1.82, 2.24) is 9.88 Å². The number of amides is 1. The van der Waals surface area contributed by atoms with Crippen LogP contribution in [0.4, 0.5) is 0 Å². The van der Waals surface area contributed by atoms with Crippen molar-refractivity contribution in [3.63, 3.8) is 0 Å². The number of piperidine rings is 1. The number of rotatable bonds is 4. The summed E-state index contributed by atoms with van der Waals surface area (Å²) in [5, 5.41) is 0. The van der Waals surface area contributed by atoms with Crippen molar-refractivity contribution in [3.05, 3.63) is 65.0 Å². The van der Waals surface area contributed by atoms with Crippen molar-refractivity contribution in [2.75, 3.05) is 20.2 Å². The number of benzene rings is 1. The molecule has 1 aliphatic rings. The van der Waals surface area contributed by atoms with E-state index in [4.69, 9.17) is 4.74 Å². The molecule has 1 aromatic heterocycles. The molecule has 2 atom stereocenters. The first-order valence-electron chi connectivity index (χ1n) is 8.87. The average Bonchev–Trinajstić information content (AvgIpc) is 2.62. The number of likely N-dealkylation sites (tertiary alicyclic amines) is 1. The molecule has 0 unspecified atom stereocenters. The van der Waals surface area contributed by atoms with Gasteiger partial charge < -0.3 is 9.64 Å². The summed E-state index contributed by atoms with van der Waals surface area (Å²) >= 11 is 0. The smallest absolute Gasteiger partial charge is 0.255 e. The molecule has 0 radical (unpaired) electrons. The second-order valence-electron chi connectivity index (χ2n) is 6.96. The maximum atomic E-state index is 12.8. The summed E-state index contributed by atoms with van der Waals surface area (Å²) in [7, 11) is 1.77. The SMILES string of the molecule is CO[C@@H]1CCN(C(=O)c2ccc(C)nc2)C[C@@H]1Cc1cccc(C)c1. The van der Waals surface area contributed by atoms with Crippen molar-refractivity contribution in [1.29, 1.82) is 0 Å². The van der Waals surface area contributed by atoms with E-state index in [-0.39, 0.29) is 12.0 Å². The van der Waals surface area contributed by atoms with Gasteiger partial charge in [-0.2, -0.15) is 0 Å². The van der Waals surface area contributed by atoms with Gasteiger partial charge >= 0.3 is 0 Å². The molecule has 0 N–H and O–H groups in total. The number of hydrogen-bond donors (Lipinski definition) is 0. The Hall–Kier alpha value is -2.20. The number of hydrogen-bond acceptors (Lipinski definition) is 3. The lowest BCUT2D eigenvalue weighted by Gasteiger charge is -2.38. The molecule has 0 aliphatic carbocycles. The van der Waals surface area contributed by atoms with Crippen LogP contribution < -0.4 is 0 Å². The second-order valence-corrected chi connectivity index (χ2v) is 6.96. The van der Waals surface area contributed by atoms with Crippen molar-refractivity contribution in [3.8, 4) is 0 Å². The van der Waals surface area contributed by atoms with Gasteiger partial charge in [-0.3, -0.25) is 9.78 Å². The Balaban J connectivity index is 1.73. The summed E-state index contributed by atoms with van der Waals surface area (Å²) in [5.41, 5.74) is 4.15. The summed E-state index contributed by atoms with van der Waals surface area (Å²) < 4.78 is 5.71. The standard InChI is InChI=1S/C21H26N2O2/c1-15-5-4-6-17(11-15)12-19-14-23(10-9-20(19)25-3)21(24)18-8-7-16(2)22-13-18/h4-8,11,13,19-20H,9-10,12,14H2,1-3H3/t19-,20+/m0/s1. The first kappa shape index (κ1) is 17.6. The zero-order chi connectivity index (χ0) is 17.8. The topological polar surface area (TPSA) is 42.4 Å². The molecule has 1 fully saturated rings. The highest BCUT2D eigenvalue weighted by molar-refractivity contribution is 5.94. The van der Waals surface area contributed by atoms with Gasteiger partial charge in [-0.05, 0) is 44.4 Å². The lowest BCUT2D eigenvalue weighted by Crippen LogP contribution is -2.47. The third-order valence-corrected chi connectivity index (χ3v) is 4.99. The summed E-state index contributed by atoms with van der Waals surface area (Å²) in [5.74, 6) is 0.374. The Kier molecular flexibility index (Phi) is 5.49. The third kappa shape index (κ3) is 4.26. The fourth-order valence-electron chi connectivity index (χ4n) is 3.62.